The molecule has 4 saturated heterocycles. The van der Waals surface area contributed by atoms with Gasteiger partial charge in [-0.25, -0.2) is 0 Å². The average molecular weight is 1410 g/mol. The number of piperazine rings is 1. The monoisotopic (exact) mass is 1410 g/mol. The van der Waals surface area contributed by atoms with Crippen LogP contribution >= 0.6 is 11.8 Å². The summed E-state index contributed by atoms with van der Waals surface area (Å²) in [6.07, 6.45) is 25.2. The first kappa shape index (κ1) is 90.4. The Morgan fingerprint density at radius 1 is 0.455 bits per heavy atom. The normalized spacial score (nSPS) is 17.8. The van der Waals surface area contributed by atoms with Gasteiger partial charge in [0.2, 0.25) is 0 Å². The molecule has 0 spiro atoms. The lowest BCUT2D eigenvalue weighted by Gasteiger charge is -2.34. The topological polar surface area (TPSA) is 122 Å². The minimum absolute atomic E-state index is 0.230. The summed E-state index contributed by atoms with van der Waals surface area (Å²) >= 11 is 2.12. The van der Waals surface area contributed by atoms with Crippen molar-refractivity contribution in [3.05, 3.63) is 179 Å². The molecule has 7 aliphatic rings. The van der Waals surface area contributed by atoms with Crippen molar-refractivity contribution in [3.63, 3.8) is 0 Å². The van der Waals surface area contributed by atoms with Gasteiger partial charge in [0.15, 0.2) is 0 Å². The lowest BCUT2D eigenvalue weighted by molar-refractivity contribution is 0.136. The number of aromatic amines is 1. The number of rotatable bonds is 5. The number of pyridine rings is 2. The molecule has 3 aromatic heterocycles. The lowest BCUT2D eigenvalue weighted by atomic mass is 9.76. The molecule has 1 aliphatic carbocycles. The van der Waals surface area contributed by atoms with Gasteiger partial charge in [-0.15, -0.1) is 0 Å². The minimum Gasteiger partial charge on any atom is -0.317 e. The quantitative estimate of drug-likeness (QED) is 0.113. The fourth-order valence-corrected chi connectivity index (χ4v) is 13.7. The maximum absolute atomic E-state index is 4.05. The lowest BCUT2D eigenvalue weighted by Crippen LogP contribution is -2.46. The van der Waals surface area contributed by atoms with Crippen molar-refractivity contribution in [2.45, 2.75) is 283 Å². The first-order valence-electron chi connectivity index (χ1n) is 39.6. The number of nitrogens with zero attached hydrogens (tertiary/aromatic N) is 6. The smallest absolute Gasteiger partial charge is 0.0850 e. The fourth-order valence-electron chi connectivity index (χ4n) is 12.6. The Morgan fingerprint density at radius 2 is 0.970 bits per heavy atom. The standard InChI is InChI=1S/C12H17N.C11H15N.C9H19N.2C9H13N.C8H16S.C7H16N2.C7H15N.C6H12.C6H6.C5H9N3/c1-12(2,3)13-8-10-6-4-5-7-11(10)9-13;1-8(2)9-3-4-10-6-12-7-11(10)5-9;2*1-9(2,3)8-4-6-10-7-5-8;1-9(2,3)8-5-4-6-10-7-8;1-7(2)8-3-5-9-6-4-8;1-7(2)9-5-3-8-4-6-9;1-6(2)7-3-4-8-5-7;2*1-2-4-6-5-3-1;1-4(2)5-3-6-8-7-5/h4-7H,8-9H2,1-3H3;3-5,8,12H,6-7H2,1-2H3;8,10H,4-7H2,1-3H3;2*4-7H,1-3H3;2*7-8H,3-6H2,1-2H3;6-8H,3-5H2,1-2H3;1-6H2;1-6H;3-4H,1-2H3,(H,6,7,8). The average Bonchev–Trinajstić information content (AvgIpc) is 1.68. The van der Waals surface area contributed by atoms with Gasteiger partial charge in [0.05, 0.1) is 11.9 Å². The van der Waals surface area contributed by atoms with E-state index in [2.05, 4.69) is 281 Å². The second-order valence-electron chi connectivity index (χ2n) is 34.3. The van der Waals surface area contributed by atoms with E-state index >= 15 is 0 Å². The number of hydrogen-bond donors (Lipinski definition) is 5. The van der Waals surface area contributed by atoms with Crippen molar-refractivity contribution < 1.29 is 0 Å². The van der Waals surface area contributed by atoms with E-state index in [0.717, 1.165) is 80.6 Å². The van der Waals surface area contributed by atoms with Gasteiger partial charge in [0.25, 0.3) is 0 Å². The Hall–Kier alpha value is -4.79. The number of aromatic nitrogens is 5. The summed E-state index contributed by atoms with van der Waals surface area (Å²) in [6, 6.07) is 36.5. The van der Waals surface area contributed by atoms with Crippen LogP contribution in [-0.2, 0) is 37.0 Å². The maximum Gasteiger partial charge on any atom is 0.0850 e. The molecule has 101 heavy (non-hydrogen) atoms. The molecule has 1 atom stereocenters. The molecule has 6 aromatic rings. The Morgan fingerprint density at radius 3 is 1.32 bits per heavy atom. The van der Waals surface area contributed by atoms with Gasteiger partial charge in [0.1, 0.15) is 0 Å². The van der Waals surface area contributed by atoms with Gasteiger partial charge in [-0.1, -0.05) is 241 Å². The van der Waals surface area contributed by atoms with Crippen LogP contribution in [0, 0.1) is 35.0 Å². The summed E-state index contributed by atoms with van der Waals surface area (Å²) in [5, 5.41) is 23.5. The third-order valence-corrected chi connectivity index (χ3v) is 21.3. The second kappa shape index (κ2) is 49.8. The largest absolute Gasteiger partial charge is 0.317 e. The molecule has 13 rings (SSSR count). The number of nitrogens with one attached hydrogen (secondary N) is 5. The number of piperidine rings is 1. The Bertz CT molecular complexity index is 2760. The van der Waals surface area contributed by atoms with Crippen molar-refractivity contribution in [2.24, 2.45) is 35.0 Å². The number of H-pyrrole nitrogens is 1. The molecule has 1 unspecified atom stereocenters. The first-order valence-corrected chi connectivity index (χ1v) is 40.8. The zero-order valence-corrected chi connectivity index (χ0v) is 69.4. The molecule has 568 valence electrons. The van der Waals surface area contributed by atoms with E-state index < -0.39 is 0 Å². The summed E-state index contributed by atoms with van der Waals surface area (Å²) in [5.74, 6) is 8.67. The van der Waals surface area contributed by atoms with Crippen LogP contribution in [0.4, 0.5) is 0 Å². The van der Waals surface area contributed by atoms with Crippen LogP contribution < -0.4 is 21.3 Å². The van der Waals surface area contributed by atoms with Crippen molar-refractivity contribution in [2.75, 3.05) is 63.9 Å². The van der Waals surface area contributed by atoms with Crippen LogP contribution in [0.2, 0.25) is 0 Å². The molecule has 6 aliphatic heterocycles. The molecule has 0 bridgehead atoms. The van der Waals surface area contributed by atoms with E-state index in [-0.39, 0.29) is 10.8 Å². The maximum atomic E-state index is 4.05. The van der Waals surface area contributed by atoms with Gasteiger partial charge in [-0.3, -0.25) is 19.8 Å². The zero-order chi connectivity index (χ0) is 74.7. The van der Waals surface area contributed by atoms with Crippen LogP contribution in [0.3, 0.4) is 0 Å². The van der Waals surface area contributed by atoms with Gasteiger partial charge in [-0.05, 0) is 219 Å². The Labute approximate surface area is 625 Å². The summed E-state index contributed by atoms with van der Waals surface area (Å²) in [6.45, 7) is 63.5. The van der Waals surface area contributed by atoms with E-state index in [1.165, 1.54) is 160 Å². The fraction of sp³-hybridized carbons (Fsp3) is 0.663. The minimum atomic E-state index is 0.230. The van der Waals surface area contributed by atoms with Crippen LogP contribution in [-0.4, -0.2) is 111 Å². The zero-order valence-electron chi connectivity index (χ0n) is 68.6. The Balaban J connectivity index is 0.000000291. The predicted molar refractivity (Wildman–Crippen MR) is 442 cm³/mol. The van der Waals surface area contributed by atoms with Gasteiger partial charge in [0, 0.05) is 88.7 Å². The summed E-state index contributed by atoms with van der Waals surface area (Å²) in [7, 11) is 0. The third kappa shape index (κ3) is 40.3. The first-order chi connectivity index (χ1) is 47.9. The molecule has 3 aromatic carbocycles. The van der Waals surface area contributed by atoms with Crippen LogP contribution in [0.5, 0.6) is 0 Å². The number of thioether (sulfide) groups is 1. The van der Waals surface area contributed by atoms with Crippen molar-refractivity contribution in [1.29, 1.82) is 0 Å². The van der Waals surface area contributed by atoms with Crippen molar-refractivity contribution in [1.82, 2.24) is 56.4 Å². The molecule has 9 heterocycles. The van der Waals surface area contributed by atoms with Gasteiger partial charge < -0.3 is 21.3 Å². The van der Waals surface area contributed by atoms with Crippen LogP contribution in [0.15, 0.2) is 134 Å². The summed E-state index contributed by atoms with van der Waals surface area (Å²) in [4.78, 5) is 13.0. The molecular weight excluding hydrogens is 1260 g/mol. The number of benzene rings is 3. The summed E-state index contributed by atoms with van der Waals surface area (Å²) < 4.78 is 0. The van der Waals surface area contributed by atoms with E-state index in [1.54, 1.807) is 12.4 Å². The van der Waals surface area contributed by atoms with Gasteiger partial charge >= 0.3 is 0 Å². The molecule has 0 amide bonds. The molecular formula is C89H151N11S. The third-order valence-electron chi connectivity index (χ3n) is 20.3. The van der Waals surface area contributed by atoms with Crippen LogP contribution in [0.25, 0.3) is 0 Å². The van der Waals surface area contributed by atoms with E-state index in [1.807, 2.05) is 61.1 Å². The highest BCUT2D eigenvalue weighted by Gasteiger charge is 2.28. The highest BCUT2D eigenvalue weighted by molar-refractivity contribution is 7.99. The van der Waals surface area contributed by atoms with Crippen LogP contribution in [0.1, 0.15) is 279 Å². The van der Waals surface area contributed by atoms with E-state index in [0.29, 0.717) is 22.8 Å². The van der Waals surface area contributed by atoms with Gasteiger partial charge in [-0.2, -0.15) is 27.2 Å². The molecule has 0 radical (unpaired) electrons. The second-order valence-corrected chi connectivity index (χ2v) is 35.6. The Kier molecular flexibility index (Phi) is 44.6. The van der Waals surface area contributed by atoms with E-state index in [4.69, 9.17) is 0 Å². The van der Waals surface area contributed by atoms with Crippen molar-refractivity contribution >= 4 is 11.8 Å². The summed E-state index contributed by atoms with van der Waals surface area (Å²) in [5.41, 5.74) is 12.4. The number of fused-ring (bicyclic) bond motifs is 2. The van der Waals surface area contributed by atoms with Crippen molar-refractivity contribution in [3.8, 4) is 0 Å². The molecule has 1 saturated carbocycles. The highest BCUT2D eigenvalue weighted by atomic mass is 32.2. The molecule has 11 nitrogen and oxygen atoms in total. The SMILES string of the molecule is C1CCCCC1.CC(C)(C)C1CCNCC1.CC(C)(C)N1Cc2ccccc2C1.CC(C)(C)c1cccnc1.CC(C)(C)c1ccncc1.CC(C)C1CCNC1.CC(C)C1CCSCC1.CC(C)N1CCNCC1.CC(C)c1ccc2c(c1)CNC2.CC(C)c1cn[nH]n1.c1ccccc1. The molecule has 5 N–H and O–H groups in total. The molecule has 12 heteroatoms. The predicted octanol–water partition coefficient (Wildman–Crippen LogP) is 21.3. The van der Waals surface area contributed by atoms with E-state index in [9.17, 15) is 0 Å². The number of hydrogen-bond acceptors (Lipinski definition) is 11. The molecule has 5 fully saturated rings. The highest BCUT2D eigenvalue weighted by Crippen LogP contribution is 2.33.